The van der Waals surface area contributed by atoms with Crippen molar-refractivity contribution in [3.05, 3.63) is 35.6 Å². The summed E-state index contributed by atoms with van der Waals surface area (Å²) in [7, 11) is 0. The van der Waals surface area contributed by atoms with Crippen LogP contribution in [0.3, 0.4) is 0 Å². The van der Waals surface area contributed by atoms with Gasteiger partial charge in [0.1, 0.15) is 5.82 Å². The van der Waals surface area contributed by atoms with Gasteiger partial charge in [-0.15, -0.1) is 0 Å². The lowest BCUT2D eigenvalue weighted by Gasteiger charge is -2.12. The van der Waals surface area contributed by atoms with Crippen molar-refractivity contribution < 1.29 is 4.39 Å². The van der Waals surface area contributed by atoms with Gasteiger partial charge in [-0.25, -0.2) is 4.39 Å². The third kappa shape index (κ3) is 7.61. The molecule has 0 aliphatic carbocycles. The second kappa shape index (κ2) is 10.8. The molecule has 20 heavy (non-hydrogen) atoms. The van der Waals surface area contributed by atoms with Crippen LogP contribution in [0.25, 0.3) is 0 Å². The predicted molar refractivity (Wildman–Crippen MR) is 84.2 cm³/mol. The highest BCUT2D eigenvalue weighted by atomic mass is 19.1. The van der Waals surface area contributed by atoms with Gasteiger partial charge in [-0.2, -0.15) is 0 Å². The van der Waals surface area contributed by atoms with Gasteiger partial charge >= 0.3 is 0 Å². The molecule has 114 valence electrons. The van der Waals surface area contributed by atoms with Gasteiger partial charge in [0.15, 0.2) is 0 Å². The second-order valence-corrected chi connectivity index (χ2v) is 5.46. The summed E-state index contributed by atoms with van der Waals surface area (Å²) in [4.78, 5) is 0. The third-order valence-corrected chi connectivity index (χ3v) is 3.62. The maximum absolute atomic E-state index is 12.8. The third-order valence-electron chi connectivity index (χ3n) is 3.62. The Bertz CT molecular complexity index is 337. The average Bonchev–Trinajstić information content (AvgIpc) is 2.46. The zero-order valence-electron chi connectivity index (χ0n) is 12.7. The van der Waals surface area contributed by atoms with Crippen molar-refractivity contribution in [2.75, 3.05) is 13.1 Å². The van der Waals surface area contributed by atoms with Gasteiger partial charge in [-0.3, -0.25) is 0 Å². The van der Waals surface area contributed by atoms with E-state index < -0.39 is 0 Å². The zero-order valence-corrected chi connectivity index (χ0v) is 12.7. The molecule has 1 unspecified atom stereocenters. The van der Waals surface area contributed by atoms with E-state index in [0.717, 1.165) is 31.5 Å². The molecule has 0 radical (unpaired) electrons. The molecule has 0 aliphatic rings. The second-order valence-electron chi connectivity index (χ2n) is 5.46. The summed E-state index contributed by atoms with van der Waals surface area (Å²) in [5.74, 6) is -0.203. The van der Waals surface area contributed by atoms with E-state index in [1.165, 1.54) is 44.2 Å². The summed E-state index contributed by atoms with van der Waals surface area (Å²) in [5.41, 5.74) is 7.11. The van der Waals surface area contributed by atoms with Crippen LogP contribution in [0.15, 0.2) is 24.3 Å². The minimum atomic E-state index is -0.203. The SMILES string of the molecule is CCCCCCCNCCCC(N)c1ccc(F)cc1. The molecule has 0 saturated heterocycles. The molecule has 0 spiro atoms. The Hall–Kier alpha value is -0.930. The van der Waals surface area contributed by atoms with E-state index in [9.17, 15) is 4.39 Å². The molecule has 0 bridgehead atoms. The first-order chi connectivity index (χ1) is 9.74. The molecule has 0 aliphatic heterocycles. The highest BCUT2D eigenvalue weighted by molar-refractivity contribution is 5.19. The summed E-state index contributed by atoms with van der Waals surface area (Å²) in [5, 5.41) is 3.46. The summed E-state index contributed by atoms with van der Waals surface area (Å²) >= 11 is 0. The molecule has 0 amide bonds. The normalized spacial score (nSPS) is 12.6. The van der Waals surface area contributed by atoms with Gasteiger partial charge in [0, 0.05) is 6.04 Å². The standard InChI is InChI=1S/C17H29FN2/c1-2-3-4-5-6-13-20-14-7-8-17(19)15-9-11-16(18)12-10-15/h9-12,17,20H,2-8,13-14,19H2,1H3. The van der Waals surface area contributed by atoms with Gasteiger partial charge in [0.05, 0.1) is 0 Å². The van der Waals surface area contributed by atoms with E-state index in [-0.39, 0.29) is 11.9 Å². The van der Waals surface area contributed by atoms with E-state index in [1.54, 1.807) is 12.1 Å². The Morgan fingerprint density at radius 2 is 1.65 bits per heavy atom. The number of nitrogens with two attached hydrogens (primary N) is 1. The highest BCUT2D eigenvalue weighted by Gasteiger charge is 2.05. The van der Waals surface area contributed by atoms with Gasteiger partial charge in [-0.05, 0) is 50.0 Å². The number of halogens is 1. The summed E-state index contributed by atoms with van der Waals surface area (Å²) in [6.07, 6.45) is 8.61. The smallest absolute Gasteiger partial charge is 0.123 e. The van der Waals surface area contributed by atoms with Crippen molar-refractivity contribution in [2.24, 2.45) is 5.73 Å². The summed E-state index contributed by atoms with van der Waals surface area (Å²) in [6, 6.07) is 6.53. The monoisotopic (exact) mass is 280 g/mol. The lowest BCUT2D eigenvalue weighted by atomic mass is 10.0. The number of benzene rings is 1. The Kier molecular flexibility index (Phi) is 9.25. The van der Waals surface area contributed by atoms with E-state index >= 15 is 0 Å². The molecule has 0 aromatic heterocycles. The van der Waals surface area contributed by atoms with Crippen LogP contribution in [0.2, 0.25) is 0 Å². The van der Waals surface area contributed by atoms with Crippen molar-refractivity contribution in [2.45, 2.75) is 57.9 Å². The van der Waals surface area contributed by atoms with Crippen LogP contribution in [-0.4, -0.2) is 13.1 Å². The van der Waals surface area contributed by atoms with Crippen LogP contribution in [0.1, 0.15) is 63.5 Å². The van der Waals surface area contributed by atoms with Crippen molar-refractivity contribution in [1.29, 1.82) is 0 Å². The number of nitrogens with one attached hydrogen (secondary N) is 1. The molecule has 0 saturated carbocycles. The van der Waals surface area contributed by atoms with E-state index in [1.807, 2.05) is 0 Å². The van der Waals surface area contributed by atoms with E-state index in [0.29, 0.717) is 0 Å². The molecule has 3 N–H and O–H groups in total. The first-order valence-electron chi connectivity index (χ1n) is 7.95. The van der Waals surface area contributed by atoms with Crippen molar-refractivity contribution >= 4 is 0 Å². The van der Waals surface area contributed by atoms with Crippen LogP contribution in [-0.2, 0) is 0 Å². The van der Waals surface area contributed by atoms with Crippen LogP contribution in [0.5, 0.6) is 0 Å². The van der Waals surface area contributed by atoms with Gasteiger partial charge in [0.2, 0.25) is 0 Å². The molecule has 1 atom stereocenters. The molecule has 1 aromatic carbocycles. The number of rotatable bonds is 11. The molecule has 0 heterocycles. The van der Waals surface area contributed by atoms with Gasteiger partial charge in [-0.1, -0.05) is 44.7 Å². The highest BCUT2D eigenvalue weighted by Crippen LogP contribution is 2.15. The van der Waals surface area contributed by atoms with Crippen LogP contribution in [0.4, 0.5) is 4.39 Å². The lowest BCUT2D eigenvalue weighted by molar-refractivity contribution is 0.541. The van der Waals surface area contributed by atoms with Gasteiger partial charge < -0.3 is 11.1 Å². The molecule has 3 heteroatoms. The Morgan fingerprint density at radius 1 is 1.00 bits per heavy atom. The minimum Gasteiger partial charge on any atom is -0.324 e. The molecule has 0 fully saturated rings. The van der Waals surface area contributed by atoms with Crippen molar-refractivity contribution in [3.63, 3.8) is 0 Å². The topological polar surface area (TPSA) is 38.0 Å². The lowest BCUT2D eigenvalue weighted by Crippen LogP contribution is -2.19. The number of unbranched alkanes of at least 4 members (excludes halogenated alkanes) is 4. The molecule has 1 rings (SSSR count). The average molecular weight is 280 g/mol. The van der Waals surface area contributed by atoms with Crippen LogP contribution < -0.4 is 11.1 Å². The fourth-order valence-corrected chi connectivity index (χ4v) is 2.30. The van der Waals surface area contributed by atoms with Crippen LogP contribution in [0, 0.1) is 5.82 Å². The maximum atomic E-state index is 12.8. The number of hydrogen-bond donors (Lipinski definition) is 2. The Morgan fingerprint density at radius 3 is 2.35 bits per heavy atom. The zero-order chi connectivity index (χ0) is 14.6. The van der Waals surface area contributed by atoms with E-state index in [4.69, 9.17) is 5.73 Å². The summed E-state index contributed by atoms with van der Waals surface area (Å²) < 4.78 is 12.8. The fourth-order valence-electron chi connectivity index (χ4n) is 2.30. The molecule has 2 nitrogen and oxygen atoms in total. The summed E-state index contributed by atoms with van der Waals surface area (Å²) in [6.45, 7) is 4.36. The Balaban J connectivity index is 1.99. The van der Waals surface area contributed by atoms with Crippen molar-refractivity contribution in [3.8, 4) is 0 Å². The number of hydrogen-bond acceptors (Lipinski definition) is 2. The molecular weight excluding hydrogens is 251 g/mol. The first kappa shape index (κ1) is 17.1. The van der Waals surface area contributed by atoms with E-state index in [2.05, 4.69) is 12.2 Å². The molecule has 1 aromatic rings. The van der Waals surface area contributed by atoms with Gasteiger partial charge in [0.25, 0.3) is 0 Å². The fraction of sp³-hybridized carbons (Fsp3) is 0.647. The van der Waals surface area contributed by atoms with Crippen molar-refractivity contribution in [1.82, 2.24) is 5.32 Å². The Labute approximate surface area is 123 Å². The predicted octanol–water partition coefficient (Wildman–Crippen LogP) is 4.17. The molecular formula is C17H29FN2. The minimum absolute atomic E-state index is 0.0157. The van der Waals surface area contributed by atoms with Crippen LogP contribution >= 0.6 is 0 Å². The first-order valence-corrected chi connectivity index (χ1v) is 7.95. The quantitative estimate of drug-likeness (QED) is 0.597. The maximum Gasteiger partial charge on any atom is 0.123 e. The largest absolute Gasteiger partial charge is 0.324 e.